The van der Waals surface area contributed by atoms with Crippen LogP contribution >= 0.6 is 0 Å². The molecular weight excluding hydrogens is 415 g/mol. The molecule has 5 nitrogen and oxygen atoms in total. The van der Waals surface area contributed by atoms with Gasteiger partial charge in [-0.3, -0.25) is 10.1 Å². The molecule has 162 valence electrons. The molecule has 1 unspecified atom stereocenters. The highest BCUT2D eigenvalue weighted by atomic mass is 32.2. The number of rotatable bonds is 9. The largest absolute Gasteiger partial charge is 0.468 e. The van der Waals surface area contributed by atoms with Gasteiger partial charge in [0.2, 0.25) is 0 Å². The average Bonchev–Trinajstić information content (AvgIpc) is 2.79. The smallest absolute Gasteiger partial charge is 0.324 e. The van der Waals surface area contributed by atoms with E-state index in [0.29, 0.717) is 17.0 Å². The number of hydrogen-bond donors (Lipinski definition) is 2. The molecule has 3 aromatic rings. The van der Waals surface area contributed by atoms with Gasteiger partial charge in [-0.1, -0.05) is 60.2 Å². The molecule has 0 aliphatic rings. The van der Waals surface area contributed by atoms with Crippen molar-refractivity contribution in [1.29, 1.82) is 0 Å². The Morgan fingerprint density at radius 3 is 2.26 bits per heavy atom. The predicted molar refractivity (Wildman–Crippen MR) is 119 cm³/mol. The number of ether oxygens (including phenoxy) is 1. The van der Waals surface area contributed by atoms with E-state index >= 15 is 0 Å². The van der Waals surface area contributed by atoms with Gasteiger partial charge in [0.1, 0.15) is 22.8 Å². The van der Waals surface area contributed by atoms with Crippen molar-refractivity contribution in [2.45, 2.75) is 30.4 Å². The SMILES string of the molecule is COC(=O)[C@@H](NCc1ccccc1)[C@H](NS(=O)c1ccc(C)cc1)c1ccc(F)cc1. The van der Waals surface area contributed by atoms with Crippen LogP contribution in [-0.4, -0.2) is 23.3 Å². The van der Waals surface area contributed by atoms with Crippen LogP contribution in [0.3, 0.4) is 0 Å². The molecule has 3 atom stereocenters. The third-order valence-electron chi connectivity index (χ3n) is 4.86. The first-order valence-corrected chi connectivity index (χ1v) is 11.0. The average molecular weight is 441 g/mol. The fourth-order valence-electron chi connectivity index (χ4n) is 3.13. The van der Waals surface area contributed by atoms with E-state index in [4.69, 9.17) is 4.74 Å². The molecule has 0 aliphatic heterocycles. The summed E-state index contributed by atoms with van der Waals surface area (Å²) in [5.41, 5.74) is 2.64. The molecule has 0 saturated carbocycles. The van der Waals surface area contributed by atoms with Gasteiger partial charge in [0.25, 0.3) is 0 Å². The Morgan fingerprint density at radius 1 is 1.00 bits per heavy atom. The van der Waals surface area contributed by atoms with Crippen molar-refractivity contribution in [2.24, 2.45) is 0 Å². The standard InChI is InChI=1S/C24H25FN2O3S/c1-17-8-14-21(15-9-17)31(29)27-22(19-10-12-20(25)13-11-19)23(24(28)30-2)26-16-18-6-4-3-5-7-18/h3-15,22-23,26-27H,16H2,1-2H3/t22-,23+,31?/m1/s1. The molecule has 0 amide bonds. The maximum absolute atomic E-state index is 13.5. The summed E-state index contributed by atoms with van der Waals surface area (Å²) in [6.07, 6.45) is 0. The lowest BCUT2D eigenvalue weighted by molar-refractivity contribution is -0.143. The fourth-order valence-corrected chi connectivity index (χ4v) is 4.15. The van der Waals surface area contributed by atoms with E-state index in [0.717, 1.165) is 11.1 Å². The second-order valence-electron chi connectivity index (χ2n) is 7.10. The van der Waals surface area contributed by atoms with E-state index in [-0.39, 0.29) is 0 Å². The number of methoxy groups -OCH3 is 1. The lowest BCUT2D eigenvalue weighted by atomic mass is 9.99. The Morgan fingerprint density at radius 2 is 1.65 bits per heavy atom. The molecule has 31 heavy (non-hydrogen) atoms. The van der Waals surface area contributed by atoms with Gasteiger partial charge >= 0.3 is 5.97 Å². The molecule has 2 N–H and O–H groups in total. The molecule has 0 radical (unpaired) electrons. The maximum Gasteiger partial charge on any atom is 0.324 e. The highest BCUT2D eigenvalue weighted by molar-refractivity contribution is 7.83. The number of hydrogen-bond acceptors (Lipinski definition) is 4. The number of esters is 1. The predicted octanol–water partition coefficient (Wildman–Crippen LogP) is 3.82. The number of aryl methyl sites for hydroxylation is 1. The number of carbonyl (C=O) groups excluding carboxylic acids is 1. The van der Waals surface area contributed by atoms with Crippen LogP contribution in [0.2, 0.25) is 0 Å². The molecule has 0 bridgehead atoms. The van der Waals surface area contributed by atoms with E-state index < -0.39 is 34.9 Å². The van der Waals surface area contributed by atoms with Gasteiger partial charge in [-0.2, -0.15) is 0 Å². The van der Waals surface area contributed by atoms with Gasteiger partial charge in [-0.15, -0.1) is 0 Å². The summed E-state index contributed by atoms with van der Waals surface area (Å²) in [4.78, 5) is 13.3. The first-order valence-electron chi connectivity index (χ1n) is 9.83. The number of nitrogens with one attached hydrogen (secondary N) is 2. The van der Waals surface area contributed by atoms with Gasteiger partial charge in [0.15, 0.2) is 0 Å². The van der Waals surface area contributed by atoms with Crippen molar-refractivity contribution >= 4 is 17.0 Å². The Bertz CT molecular complexity index is 1010. The van der Waals surface area contributed by atoms with Crippen molar-refractivity contribution < 1.29 is 18.1 Å². The molecule has 0 spiro atoms. The van der Waals surface area contributed by atoms with Gasteiger partial charge in [-0.05, 0) is 42.3 Å². The molecule has 0 saturated heterocycles. The van der Waals surface area contributed by atoms with Crippen LogP contribution in [-0.2, 0) is 27.1 Å². The minimum absolute atomic E-state index is 0.394. The fraction of sp³-hybridized carbons (Fsp3) is 0.208. The summed E-state index contributed by atoms with van der Waals surface area (Å²) in [6.45, 7) is 2.35. The van der Waals surface area contributed by atoms with Gasteiger partial charge in [-0.25, -0.2) is 13.3 Å². The second-order valence-corrected chi connectivity index (χ2v) is 8.34. The summed E-state index contributed by atoms with van der Waals surface area (Å²) < 4.78 is 34.6. The summed E-state index contributed by atoms with van der Waals surface area (Å²) in [6, 6.07) is 21.1. The highest BCUT2D eigenvalue weighted by Crippen LogP contribution is 2.22. The maximum atomic E-state index is 13.5. The summed E-state index contributed by atoms with van der Waals surface area (Å²) in [5, 5.41) is 3.20. The first-order chi connectivity index (χ1) is 15.0. The van der Waals surface area contributed by atoms with Crippen LogP contribution in [0.1, 0.15) is 22.7 Å². The second kappa shape index (κ2) is 10.9. The Kier molecular flexibility index (Phi) is 8.06. The lowest BCUT2D eigenvalue weighted by Crippen LogP contribution is -2.47. The van der Waals surface area contributed by atoms with Crippen molar-refractivity contribution in [3.05, 3.63) is 101 Å². The molecule has 0 heterocycles. The zero-order valence-corrected chi connectivity index (χ0v) is 18.2. The van der Waals surface area contributed by atoms with Gasteiger partial charge in [0, 0.05) is 6.54 Å². The van der Waals surface area contributed by atoms with E-state index in [2.05, 4.69) is 10.0 Å². The van der Waals surface area contributed by atoms with Crippen molar-refractivity contribution in [2.75, 3.05) is 7.11 Å². The zero-order valence-electron chi connectivity index (χ0n) is 17.4. The van der Waals surface area contributed by atoms with Crippen LogP contribution in [0.15, 0.2) is 83.8 Å². The van der Waals surface area contributed by atoms with Crippen LogP contribution in [0.4, 0.5) is 4.39 Å². The molecule has 7 heteroatoms. The molecule has 0 aliphatic carbocycles. The Balaban J connectivity index is 1.90. The zero-order chi connectivity index (χ0) is 22.2. The highest BCUT2D eigenvalue weighted by Gasteiger charge is 2.32. The summed E-state index contributed by atoms with van der Waals surface area (Å²) >= 11 is 0. The molecule has 3 aromatic carbocycles. The Hall–Kier alpha value is -2.87. The van der Waals surface area contributed by atoms with Crippen molar-refractivity contribution in [3.8, 4) is 0 Å². The van der Waals surface area contributed by atoms with Crippen LogP contribution in [0, 0.1) is 12.7 Å². The van der Waals surface area contributed by atoms with E-state index in [1.54, 1.807) is 24.3 Å². The molecule has 0 fully saturated rings. The third kappa shape index (κ3) is 6.30. The lowest BCUT2D eigenvalue weighted by Gasteiger charge is -2.27. The van der Waals surface area contributed by atoms with Crippen LogP contribution in [0.25, 0.3) is 0 Å². The quantitative estimate of drug-likeness (QED) is 0.497. The molecule has 3 rings (SSSR count). The topological polar surface area (TPSA) is 67.4 Å². The normalized spacial score (nSPS) is 13.9. The Labute approximate surface area is 184 Å². The molecule has 0 aromatic heterocycles. The van der Waals surface area contributed by atoms with E-state index in [9.17, 15) is 13.4 Å². The van der Waals surface area contributed by atoms with E-state index in [1.807, 2.05) is 49.4 Å². The summed E-state index contributed by atoms with van der Waals surface area (Å²) in [7, 11) is -0.303. The van der Waals surface area contributed by atoms with Crippen molar-refractivity contribution in [1.82, 2.24) is 10.0 Å². The first kappa shape index (κ1) is 22.8. The van der Waals surface area contributed by atoms with Gasteiger partial charge in [0.05, 0.1) is 18.0 Å². The number of carbonyl (C=O) groups is 1. The van der Waals surface area contributed by atoms with E-state index in [1.165, 1.54) is 19.2 Å². The third-order valence-corrected chi connectivity index (χ3v) is 6.02. The van der Waals surface area contributed by atoms with Crippen LogP contribution < -0.4 is 10.0 Å². The minimum atomic E-state index is -1.61. The number of halogens is 1. The van der Waals surface area contributed by atoms with Gasteiger partial charge < -0.3 is 4.74 Å². The van der Waals surface area contributed by atoms with Crippen molar-refractivity contribution in [3.63, 3.8) is 0 Å². The number of benzene rings is 3. The summed E-state index contributed by atoms with van der Waals surface area (Å²) in [5.74, 6) is -0.910. The monoisotopic (exact) mass is 440 g/mol. The molecular formula is C24H25FN2O3S. The van der Waals surface area contributed by atoms with Crippen LogP contribution in [0.5, 0.6) is 0 Å². The minimum Gasteiger partial charge on any atom is -0.468 e.